The lowest BCUT2D eigenvalue weighted by Crippen LogP contribution is -2.62. The van der Waals surface area contributed by atoms with E-state index in [4.69, 9.17) is 4.42 Å². The molecule has 3 aliphatic rings. The lowest BCUT2D eigenvalue weighted by molar-refractivity contribution is 0.0218. The molecule has 2 atom stereocenters. The topological polar surface area (TPSA) is 58.4 Å². The standard InChI is InChI=1S/C17H21N3O2S/c1-10-9-22-17(18-10)14-4-3-13(23-14)16(21)19-15-11(2)20-7-5-12(15)6-8-20/h3-4,9,11-12,15H,5-8H2,1-2H3,(H,19,21). The summed E-state index contributed by atoms with van der Waals surface area (Å²) in [6.45, 7) is 6.46. The molecule has 2 aromatic heterocycles. The van der Waals surface area contributed by atoms with Crippen molar-refractivity contribution in [3.8, 4) is 10.8 Å². The van der Waals surface area contributed by atoms with E-state index in [9.17, 15) is 4.79 Å². The molecule has 3 fully saturated rings. The number of nitrogens with zero attached hydrogens (tertiary/aromatic N) is 2. The second-order valence-electron chi connectivity index (χ2n) is 6.57. The number of aryl methyl sites for hydroxylation is 1. The lowest BCUT2D eigenvalue weighted by Gasteiger charge is -2.49. The van der Waals surface area contributed by atoms with Crippen molar-refractivity contribution < 1.29 is 9.21 Å². The van der Waals surface area contributed by atoms with Crippen LogP contribution in [0, 0.1) is 12.8 Å². The normalized spacial score (nSPS) is 29.7. The zero-order valence-corrected chi connectivity index (χ0v) is 14.2. The highest BCUT2D eigenvalue weighted by Crippen LogP contribution is 2.33. The molecule has 2 aromatic rings. The average molecular weight is 331 g/mol. The van der Waals surface area contributed by atoms with E-state index in [2.05, 4.69) is 22.1 Å². The molecule has 6 heteroatoms. The van der Waals surface area contributed by atoms with Crippen LogP contribution in [0.4, 0.5) is 0 Å². The number of hydrogen-bond acceptors (Lipinski definition) is 5. The molecule has 2 unspecified atom stereocenters. The van der Waals surface area contributed by atoms with Crippen LogP contribution in [0.5, 0.6) is 0 Å². The summed E-state index contributed by atoms with van der Waals surface area (Å²) in [4.78, 5) is 21.0. The van der Waals surface area contributed by atoms with E-state index in [0.29, 0.717) is 17.9 Å². The number of thiophene rings is 1. The number of nitrogens with one attached hydrogen (secondary N) is 1. The number of carbonyl (C=O) groups excluding carboxylic acids is 1. The molecule has 0 saturated carbocycles. The van der Waals surface area contributed by atoms with Crippen LogP contribution in [-0.4, -0.2) is 41.0 Å². The predicted octanol–water partition coefficient (Wildman–Crippen LogP) is 2.92. The van der Waals surface area contributed by atoms with Crippen molar-refractivity contribution in [1.82, 2.24) is 15.2 Å². The molecule has 5 heterocycles. The molecule has 23 heavy (non-hydrogen) atoms. The van der Waals surface area contributed by atoms with Crippen LogP contribution in [-0.2, 0) is 0 Å². The van der Waals surface area contributed by atoms with Crippen LogP contribution in [0.25, 0.3) is 10.8 Å². The summed E-state index contributed by atoms with van der Waals surface area (Å²) >= 11 is 1.44. The number of fused-ring (bicyclic) bond motifs is 3. The van der Waals surface area contributed by atoms with Crippen molar-refractivity contribution in [2.75, 3.05) is 13.1 Å². The first-order valence-electron chi connectivity index (χ1n) is 8.19. The van der Waals surface area contributed by atoms with E-state index in [1.165, 1.54) is 37.3 Å². The number of amides is 1. The Morgan fingerprint density at radius 3 is 2.83 bits per heavy atom. The Kier molecular flexibility index (Phi) is 3.73. The van der Waals surface area contributed by atoms with Crippen molar-refractivity contribution in [2.24, 2.45) is 5.92 Å². The van der Waals surface area contributed by atoms with Gasteiger partial charge in [-0.25, -0.2) is 4.98 Å². The van der Waals surface area contributed by atoms with Crippen LogP contribution in [0.2, 0.25) is 0 Å². The minimum absolute atomic E-state index is 0.0233. The number of piperidine rings is 3. The minimum Gasteiger partial charge on any atom is -0.444 e. The Labute approximate surface area is 139 Å². The van der Waals surface area contributed by atoms with Crippen LogP contribution >= 0.6 is 11.3 Å². The van der Waals surface area contributed by atoms with E-state index in [1.54, 1.807) is 6.26 Å². The van der Waals surface area contributed by atoms with Gasteiger partial charge in [-0.1, -0.05) is 0 Å². The molecule has 122 valence electrons. The summed E-state index contributed by atoms with van der Waals surface area (Å²) in [5.74, 6) is 1.23. The summed E-state index contributed by atoms with van der Waals surface area (Å²) < 4.78 is 5.41. The first-order chi connectivity index (χ1) is 11.1. The summed E-state index contributed by atoms with van der Waals surface area (Å²) in [5, 5.41) is 3.27. The Balaban J connectivity index is 1.48. The monoisotopic (exact) mass is 331 g/mol. The van der Waals surface area contributed by atoms with Gasteiger partial charge >= 0.3 is 0 Å². The van der Waals surface area contributed by atoms with Crippen LogP contribution in [0.1, 0.15) is 35.1 Å². The highest BCUT2D eigenvalue weighted by molar-refractivity contribution is 7.17. The second kappa shape index (κ2) is 5.76. The maximum Gasteiger partial charge on any atom is 0.261 e. The highest BCUT2D eigenvalue weighted by Gasteiger charge is 2.40. The third-order valence-corrected chi connectivity index (χ3v) is 6.21. The third-order valence-electron chi connectivity index (χ3n) is 5.14. The molecule has 5 rings (SSSR count). The van der Waals surface area contributed by atoms with E-state index in [0.717, 1.165) is 15.4 Å². The van der Waals surface area contributed by atoms with Gasteiger partial charge in [-0.2, -0.15) is 0 Å². The van der Waals surface area contributed by atoms with Gasteiger partial charge < -0.3 is 9.73 Å². The first-order valence-corrected chi connectivity index (χ1v) is 9.01. The summed E-state index contributed by atoms with van der Waals surface area (Å²) in [7, 11) is 0. The Bertz CT molecular complexity index is 713. The van der Waals surface area contributed by atoms with Gasteiger partial charge in [-0.15, -0.1) is 11.3 Å². The Hall–Kier alpha value is -1.66. The largest absolute Gasteiger partial charge is 0.444 e. The summed E-state index contributed by atoms with van der Waals surface area (Å²) in [6.07, 6.45) is 4.02. The average Bonchev–Trinajstić information content (AvgIpc) is 3.20. The number of oxazole rings is 1. The molecule has 3 saturated heterocycles. The minimum atomic E-state index is 0.0233. The molecule has 5 nitrogen and oxygen atoms in total. The van der Waals surface area contributed by atoms with Crippen LogP contribution < -0.4 is 5.32 Å². The highest BCUT2D eigenvalue weighted by atomic mass is 32.1. The van der Waals surface area contributed by atoms with Gasteiger partial charge in [0.25, 0.3) is 5.91 Å². The van der Waals surface area contributed by atoms with Gasteiger partial charge in [-0.3, -0.25) is 9.69 Å². The number of rotatable bonds is 3. The molecule has 3 aliphatic heterocycles. The van der Waals surface area contributed by atoms with Gasteiger partial charge in [0.2, 0.25) is 5.89 Å². The van der Waals surface area contributed by atoms with Crippen molar-refractivity contribution in [3.63, 3.8) is 0 Å². The van der Waals surface area contributed by atoms with E-state index in [-0.39, 0.29) is 11.9 Å². The summed E-state index contributed by atoms with van der Waals surface area (Å²) in [6, 6.07) is 4.46. The number of carbonyl (C=O) groups is 1. The molecule has 0 radical (unpaired) electrons. The molecule has 0 spiro atoms. The molecule has 0 aliphatic carbocycles. The quantitative estimate of drug-likeness (QED) is 0.939. The molecule has 2 bridgehead atoms. The van der Waals surface area contributed by atoms with Crippen LogP contribution in [0.15, 0.2) is 22.8 Å². The number of aromatic nitrogens is 1. The fraction of sp³-hybridized carbons (Fsp3) is 0.529. The Morgan fingerprint density at radius 2 is 2.17 bits per heavy atom. The van der Waals surface area contributed by atoms with Gasteiger partial charge in [0.15, 0.2) is 0 Å². The van der Waals surface area contributed by atoms with Crippen LogP contribution in [0.3, 0.4) is 0 Å². The van der Waals surface area contributed by atoms with Gasteiger partial charge in [0.05, 0.1) is 15.4 Å². The van der Waals surface area contributed by atoms with E-state index in [1.807, 2.05) is 19.1 Å². The maximum atomic E-state index is 12.6. The van der Waals surface area contributed by atoms with Crippen molar-refractivity contribution >= 4 is 17.2 Å². The zero-order valence-electron chi connectivity index (χ0n) is 13.4. The third kappa shape index (κ3) is 2.70. The fourth-order valence-electron chi connectivity index (χ4n) is 3.81. The van der Waals surface area contributed by atoms with Crippen molar-refractivity contribution in [2.45, 2.75) is 38.8 Å². The maximum absolute atomic E-state index is 12.6. The van der Waals surface area contributed by atoms with Crippen molar-refractivity contribution in [1.29, 1.82) is 0 Å². The van der Waals surface area contributed by atoms with Gasteiger partial charge in [0.1, 0.15) is 6.26 Å². The molecular formula is C17H21N3O2S. The van der Waals surface area contributed by atoms with E-state index < -0.39 is 0 Å². The molecule has 1 amide bonds. The SMILES string of the molecule is Cc1coc(-c2ccc(C(=O)NC3C4CCN(CC4)C3C)s2)n1. The zero-order chi connectivity index (χ0) is 16.0. The first kappa shape index (κ1) is 14.9. The predicted molar refractivity (Wildman–Crippen MR) is 89.6 cm³/mol. The summed E-state index contributed by atoms with van der Waals surface area (Å²) in [5.41, 5.74) is 0.848. The molecule has 1 N–H and O–H groups in total. The smallest absolute Gasteiger partial charge is 0.261 e. The van der Waals surface area contributed by atoms with Gasteiger partial charge in [-0.05, 0) is 57.8 Å². The Morgan fingerprint density at radius 1 is 1.39 bits per heavy atom. The van der Waals surface area contributed by atoms with Gasteiger partial charge in [0, 0.05) is 12.1 Å². The fourth-order valence-corrected chi connectivity index (χ4v) is 4.65. The van der Waals surface area contributed by atoms with Crippen molar-refractivity contribution in [3.05, 3.63) is 29.0 Å². The van der Waals surface area contributed by atoms with E-state index >= 15 is 0 Å². The molecule has 0 aromatic carbocycles. The lowest BCUT2D eigenvalue weighted by atomic mass is 9.79. The number of hydrogen-bond donors (Lipinski definition) is 1. The second-order valence-corrected chi connectivity index (χ2v) is 7.65. The molecular weight excluding hydrogens is 310 g/mol.